The number of hydrogen-bond acceptors (Lipinski definition) is 2. The fourth-order valence-electron chi connectivity index (χ4n) is 3.34. The first-order valence-electron chi connectivity index (χ1n) is 8.09. The average Bonchev–Trinajstić information content (AvgIpc) is 2.51. The fraction of sp³-hybridized carbons (Fsp3) is 0.450. The minimum absolute atomic E-state index is 0.0564. The predicted molar refractivity (Wildman–Crippen MR) is 101 cm³/mol. The molecular weight excluding hydrogens is 371 g/mol. The highest BCUT2D eigenvalue weighted by Crippen LogP contribution is 2.50. The number of halogens is 2. The van der Waals surface area contributed by atoms with Crippen molar-refractivity contribution in [3.05, 3.63) is 39.1 Å². The van der Waals surface area contributed by atoms with Crippen LogP contribution in [0.4, 0.5) is 4.39 Å². The normalized spacial score (nSPS) is 17.1. The number of benzene rings is 1. The Morgan fingerprint density at radius 1 is 1.42 bits per heavy atom. The summed E-state index contributed by atoms with van der Waals surface area (Å²) in [5.74, 6) is 0.153. The molecule has 1 aromatic carbocycles. The Hall–Kier alpha value is -1.42. The molecule has 0 bridgehead atoms. The van der Waals surface area contributed by atoms with Crippen LogP contribution in [0.1, 0.15) is 57.7 Å². The molecule has 0 N–H and O–H groups in total. The summed E-state index contributed by atoms with van der Waals surface area (Å²) < 4.78 is 20.3. The van der Waals surface area contributed by atoms with Crippen LogP contribution in [0.15, 0.2) is 22.4 Å². The Bertz CT molecular complexity index is 742. The quantitative estimate of drug-likeness (QED) is 0.456. The second kappa shape index (κ2) is 6.83. The molecule has 0 heterocycles. The largest absolute Gasteiger partial charge is 0.495 e. The third-order valence-corrected chi connectivity index (χ3v) is 5.49. The van der Waals surface area contributed by atoms with E-state index in [9.17, 15) is 9.18 Å². The lowest BCUT2D eigenvalue weighted by atomic mass is 9.70. The van der Waals surface area contributed by atoms with Crippen molar-refractivity contribution in [1.29, 1.82) is 0 Å². The molecular formula is C20H24BrFO2. The molecule has 1 aliphatic carbocycles. The number of fused-ring (bicyclic) bond motifs is 1. The van der Waals surface area contributed by atoms with Crippen LogP contribution in [0.3, 0.4) is 0 Å². The molecule has 1 aromatic rings. The highest BCUT2D eigenvalue weighted by Gasteiger charge is 2.34. The third kappa shape index (κ3) is 3.08. The highest BCUT2D eigenvalue weighted by atomic mass is 79.9. The summed E-state index contributed by atoms with van der Waals surface area (Å²) in [5, 5.41) is 0. The summed E-state index contributed by atoms with van der Waals surface area (Å²) in [6.07, 6.45) is 3.45. The number of allylic oxidation sites excluding steroid dienone is 4. The van der Waals surface area contributed by atoms with Crippen molar-refractivity contribution in [3.8, 4) is 5.75 Å². The van der Waals surface area contributed by atoms with E-state index < -0.39 is 5.83 Å². The Kier molecular flexibility index (Phi) is 5.38. The van der Waals surface area contributed by atoms with Gasteiger partial charge in [0.2, 0.25) is 0 Å². The molecule has 0 amide bonds. The molecule has 4 heteroatoms. The van der Waals surface area contributed by atoms with E-state index in [4.69, 9.17) is 4.74 Å². The molecule has 0 aromatic heterocycles. The number of ether oxygens (including phenoxy) is 1. The van der Waals surface area contributed by atoms with Crippen molar-refractivity contribution >= 4 is 33.4 Å². The van der Waals surface area contributed by atoms with Gasteiger partial charge in [-0.25, -0.2) is 4.39 Å². The van der Waals surface area contributed by atoms with Crippen molar-refractivity contribution in [2.24, 2.45) is 5.92 Å². The van der Waals surface area contributed by atoms with Gasteiger partial charge in [-0.2, -0.15) is 0 Å². The minimum atomic E-state index is -0.773. The van der Waals surface area contributed by atoms with Crippen LogP contribution in [0, 0.1) is 5.92 Å². The molecule has 24 heavy (non-hydrogen) atoms. The van der Waals surface area contributed by atoms with Gasteiger partial charge in [0.05, 0.1) is 11.6 Å². The lowest BCUT2D eigenvalue weighted by molar-refractivity contribution is -0.106. The standard InChI is InChI=1S/C20H24BrFO2/c1-11(2)13-7-8-20(4,5)17-15(13)9-14(12(3)16(22)10-23)19(24-6)18(17)21/h7,9-11H,8H2,1-6H3. The Labute approximate surface area is 151 Å². The monoisotopic (exact) mass is 394 g/mol. The Balaban J connectivity index is 2.90. The zero-order valence-electron chi connectivity index (χ0n) is 15.1. The molecule has 0 atom stereocenters. The highest BCUT2D eigenvalue weighted by molar-refractivity contribution is 9.10. The summed E-state index contributed by atoms with van der Waals surface area (Å²) >= 11 is 3.68. The van der Waals surface area contributed by atoms with Crippen molar-refractivity contribution in [3.63, 3.8) is 0 Å². The van der Waals surface area contributed by atoms with E-state index in [1.54, 1.807) is 14.0 Å². The van der Waals surface area contributed by atoms with Gasteiger partial charge in [0.25, 0.3) is 0 Å². The first kappa shape index (κ1) is 18.9. The number of aldehydes is 1. The van der Waals surface area contributed by atoms with Gasteiger partial charge >= 0.3 is 0 Å². The molecule has 0 saturated carbocycles. The molecule has 0 spiro atoms. The van der Waals surface area contributed by atoms with Crippen molar-refractivity contribution < 1.29 is 13.9 Å². The van der Waals surface area contributed by atoms with E-state index in [2.05, 4.69) is 49.7 Å². The maximum absolute atomic E-state index is 13.9. The predicted octanol–water partition coefficient (Wildman–Crippen LogP) is 6.08. The van der Waals surface area contributed by atoms with Crippen LogP contribution in [0.2, 0.25) is 0 Å². The molecule has 0 aliphatic heterocycles. The molecule has 130 valence electrons. The molecule has 0 saturated heterocycles. The van der Waals surface area contributed by atoms with Gasteiger partial charge in [0.1, 0.15) is 5.75 Å². The smallest absolute Gasteiger partial charge is 0.178 e. The Morgan fingerprint density at radius 2 is 2.04 bits per heavy atom. The summed E-state index contributed by atoms with van der Waals surface area (Å²) in [7, 11) is 1.57. The third-order valence-electron chi connectivity index (χ3n) is 4.73. The van der Waals surface area contributed by atoms with E-state index in [1.807, 2.05) is 6.07 Å². The summed E-state index contributed by atoms with van der Waals surface area (Å²) in [6, 6.07) is 1.96. The van der Waals surface area contributed by atoms with Crippen molar-refractivity contribution in [2.45, 2.75) is 46.5 Å². The van der Waals surface area contributed by atoms with E-state index >= 15 is 0 Å². The second-order valence-electron chi connectivity index (χ2n) is 7.19. The molecule has 0 unspecified atom stereocenters. The van der Waals surface area contributed by atoms with Gasteiger partial charge in [-0.05, 0) is 68.9 Å². The molecule has 0 fully saturated rings. The van der Waals surface area contributed by atoms with Crippen LogP contribution in [-0.2, 0) is 10.2 Å². The van der Waals surface area contributed by atoms with E-state index in [-0.39, 0.29) is 17.3 Å². The maximum Gasteiger partial charge on any atom is 0.178 e. The number of carbonyl (C=O) groups excluding carboxylic acids is 1. The van der Waals surface area contributed by atoms with Crippen LogP contribution in [-0.4, -0.2) is 13.4 Å². The molecule has 1 aliphatic rings. The number of hydrogen-bond donors (Lipinski definition) is 0. The fourth-order valence-corrected chi connectivity index (χ4v) is 4.47. The van der Waals surface area contributed by atoms with Crippen molar-refractivity contribution in [1.82, 2.24) is 0 Å². The van der Waals surface area contributed by atoms with Gasteiger partial charge in [-0.15, -0.1) is 0 Å². The maximum atomic E-state index is 13.9. The van der Waals surface area contributed by atoms with Gasteiger partial charge in [-0.1, -0.05) is 33.8 Å². The number of carbonyl (C=O) groups is 1. The number of rotatable bonds is 4. The SMILES string of the molecule is COc1c(C(C)=C(F)C=O)cc2c(c1Br)C(C)(C)CC=C2C(C)C. The van der Waals surface area contributed by atoms with Crippen LogP contribution < -0.4 is 4.74 Å². The van der Waals surface area contributed by atoms with Gasteiger partial charge < -0.3 is 4.74 Å². The van der Waals surface area contributed by atoms with E-state index in [0.717, 1.165) is 16.5 Å². The first-order valence-corrected chi connectivity index (χ1v) is 8.88. The zero-order chi connectivity index (χ0) is 18.2. The van der Waals surface area contributed by atoms with Crippen molar-refractivity contribution in [2.75, 3.05) is 7.11 Å². The van der Waals surface area contributed by atoms with Gasteiger partial charge in [0, 0.05) is 5.56 Å². The summed E-state index contributed by atoms with van der Waals surface area (Å²) in [5.41, 5.74) is 4.36. The van der Waals surface area contributed by atoms with Crippen LogP contribution in [0.25, 0.3) is 11.1 Å². The van der Waals surface area contributed by atoms with E-state index in [1.165, 1.54) is 11.1 Å². The first-order chi connectivity index (χ1) is 11.2. The Morgan fingerprint density at radius 3 is 2.54 bits per heavy atom. The van der Waals surface area contributed by atoms with Crippen LogP contribution in [0.5, 0.6) is 5.75 Å². The second-order valence-corrected chi connectivity index (χ2v) is 7.98. The van der Waals surface area contributed by atoms with Crippen LogP contribution >= 0.6 is 15.9 Å². The lowest BCUT2D eigenvalue weighted by Gasteiger charge is -2.35. The minimum Gasteiger partial charge on any atom is -0.495 e. The molecule has 2 rings (SSSR count). The van der Waals surface area contributed by atoms with E-state index in [0.29, 0.717) is 17.2 Å². The van der Waals surface area contributed by atoms with Gasteiger partial charge in [0.15, 0.2) is 12.1 Å². The summed E-state index contributed by atoms with van der Waals surface area (Å²) in [4.78, 5) is 10.9. The molecule has 0 radical (unpaired) electrons. The zero-order valence-corrected chi connectivity index (χ0v) is 16.7. The number of methoxy groups -OCH3 is 1. The molecule has 2 nitrogen and oxygen atoms in total. The summed E-state index contributed by atoms with van der Waals surface area (Å²) in [6.45, 7) is 10.3. The topological polar surface area (TPSA) is 26.3 Å². The average molecular weight is 395 g/mol. The van der Waals surface area contributed by atoms with Gasteiger partial charge in [-0.3, -0.25) is 4.79 Å². The lowest BCUT2D eigenvalue weighted by Crippen LogP contribution is -2.24.